The van der Waals surface area contributed by atoms with Crippen molar-refractivity contribution in [2.45, 2.75) is 12.8 Å². The summed E-state index contributed by atoms with van der Waals surface area (Å²) in [5, 5.41) is 7.36. The number of benzene rings is 1. The minimum atomic E-state index is -0.0311. The molecule has 1 aromatic carbocycles. The van der Waals surface area contributed by atoms with E-state index in [1.807, 2.05) is 24.3 Å². The van der Waals surface area contributed by atoms with Crippen LogP contribution in [0.4, 0.5) is 0 Å². The van der Waals surface area contributed by atoms with Crippen LogP contribution in [0.3, 0.4) is 0 Å². The van der Waals surface area contributed by atoms with E-state index >= 15 is 0 Å². The molecule has 2 N–H and O–H groups in total. The van der Waals surface area contributed by atoms with Crippen LogP contribution in [0.5, 0.6) is 0 Å². The number of nitrogens with one attached hydrogen (secondary N) is 2. The summed E-state index contributed by atoms with van der Waals surface area (Å²) in [6.45, 7) is 3.19. The van der Waals surface area contributed by atoms with Crippen molar-refractivity contribution in [2.24, 2.45) is 10.9 Å². The zero-order valence-electron chi connectivity index (χ0n) is 14.9. The third kappa shape index (κ3) is 6.92. The highest BCUT2D eigenvalue weighted by Crippen LogP contribution is 2.14. The minimum Gasteiger partial charge on any atom is -0.381 e. The highest BCUT2D eigenvalue weighted by atomic mass is 35.5. The van der Waals surface area contributed by atoms with E-state index in [2.05, 4.69) is 15.6 Å². The molecule has 7 heteroatoms. The van der Waals surface area contributed by atoms with Gasteiger partial charge < -0.3 is 20.3 Å². The van der Waals surface area contributed by atoms with Gasteiger partial charge in [-0.1, -0.05) is 29.8 Å². The number of ether oxygens (including phenoxy) is 1. The number of carbonyl (C=O) groups is 1. The average molecular weight is 367 g/mol. The summed E-state index contributed by atoms with van der Waals surface area (Å²) in [4.78, 5) is 17.7. The lowest BCUT2D eigenvalue weighted by Crippen LogP contribution is -2.41. The standard InChI is InChI=1S/C18H27ClN4O2/c1-23(2)17(24)12-22-18(21-11-14-8-10-25-13-14)20-9-7-15-5-3-4-6-16(15)19/h3-6,14H,7-13H2,1-2H3,(H2,20,21,22). The molecule has 0 aromatic heterocycles. The first-order chi connectivity index (χ1) is 12.1. The maximum Gasteiger partial charge on any atom is 0.243 e. The van der Waals surface area contributed by atoms with Crippen LogP contribution in [0.2, 0.25) is 5.02 Å². The Kier molecular flexibility index (Phi) is 8.01. The fourth-order valence-corrected chi connectivity index (χ4v) is 2.69. The fraction of sp³-hybridized carbons (Fsp3) is 0.556. The number of amides is 1. The highest BCUT2D eigenvalue weighted by Gasteiger charge is 2.16. The Morgan fingerprint density at radius 1 is 1.36 bits per heavy atom. The van der Waals surface area contributed by atoms with Crippen LogP contribution in [-0.2, 0) is 16.0 Å². The third-order valence-electron chi connectivity index (χ3n) is 4.10. The lowest BCUT2D eigenvalue weighted by molar-refractivity contribution is -0.127. The van der Waals surface area contributed by atoms with Gasteiger partial charge in [-0.05, 0) is 24.5 Å². The molecule has 1 saturated heterocycles. The Hall–Kier alpha value is -1.79. The van der Waals surface area contributed by atoms with Crippen LogP contribution in [-0.4, -0.2) is 63.7 Å². The number of nitrogens with zero attached hydrogens (tertiary/aromatic N) is 2. The van der Waals surface area contributed by atoms with Gasteiger partial charge in [0.15, 0.2) is 5.96 Å². The van der Waals surface area contributed by atoms with Gasteiger partial charge in [-0.2, -0.15) is 0 Å². The molecule has 25 heavy (non-hydrogen) atoms. The van der Waals surface area contributed by atoms with E-state index in [-0.39, 0.29) is 12.5 Å². The van der Waals surface area contributed by atoms with Crippen molar-refractivity contribution in [1.82, 2.24) is 15.5 Å². The lowest BCUT2D eigenvalue weighted by Gasteiger charge is -2.16. The smallest absolute Gasteiger partial charge is 0.243 e. The maximum atomic E-state index is 11.8. The average Bonchev–Trinajstić information content (AvgIpc) is 3.11. The number of hydrogen-bond donors (Lipinski definition) is 2. The Bertz CT molecular complexity index is 586. The van der Waals surface area contributed by atoms with E-state index in [4.69, 9.17) is 16.3 Å². The Morgan fingerprint density at radius 2 is 2.16 bits per heavy atom. The molecule has 6 nitrogen and oxygen atoms in total. The van der Waals surface area contributed by atoms with E-state index in [9.17, 15) is 4.79 Å². The van der Waals surface area contributed by atoms with E-state index in [0.29, 0.717) is 18.4 Å². The quantitative estimate of drug-likeness (QED) is 0.567. The van der Waals surface area contributed by atoms with Crippen molar-refractivity contribution in [2.75, 3.05) is 46.9 Å². The van der Waals surface area contributed by atoms with Crippen LogP contribution >= 0.6 is 11.6 Å². The number of hydrogen-bond acceptors (Lipinski definition) is 3. The van der Waals surface area contributed by atoms with E-state index in [0.717, 1.165) is 43.2 Å². The van der Waals surface area contributed by atoms with Gasteiger partial charge in [0.05, 0.1) is 6.61 Å². The summed E-state index contributed by atoms with van der Waals surface area (Å²) in [6.07, 6.45) is 1.84. The second kappa shape index (κ2) is 10.3. The van der Waals surface area contributed by atoms with Crippen LogP contribution < -0.4 is 10.6 Å². The van der Waals surface area contributed by atoms with Gasteiger partial charge in [0.1, 0.15) is 6.54 Å². The molecule has 0 aliphatic carbocycles. The molecular formula is C18H27ClN4O2. The van der Waals surface area contributed by atoms with Crippen molar-refractivity contribution in [3.63, 3.8) is 0 Å². The molecule has 0 spiro atoms. The fourth-order valence-electron chi connectivity index (χ4n) is 2.46. The number of rotatable bonds is 7. The van der Waals surface area contributed by atoms with Crippen molar-refractivity contribution in [3.8, 4) is 0 Å². The van der Waals surface area contributed by atoms with Crippen LogP contribution in [0.25, 0.3) is 0 Å². The highest BCUT2D eigenvalue weighted by molar-refractivity contribution is 6.31. The van der Waals surface area contributed by atoms with E-state index in [1.54, 1.807) is 14.1 Å². The molecule has 1 fully saturated rings. The topological polar surface area (TPSA) is 66.0 Å². The number of aliphatic imine (C=N–C) groups is 1. The van der Waals surface area contributed by atoms with Crippen LogP contribution in [0, 0.1) is 5.92 Å². The summed E-state index contributed by atoms with van der Waals surface area (Å²) < 4.78 is 5.40. The second-order valence-corrected chi connectivity index (χ2v) is 6.74. The molecule has 2 rings (SSSR count). The molecule has 1 aromatic rings. The zero-order valence-corrected chi connectivity index (χ0v) is 15.7. The van der Waals surface area contributed by atoms with Crippen molar-refractivity contribution in [1.29, 1.82) is 0 Å². The zero-order chi connectivity index (χ0) is 18.1. The summed E-state index contributed by atoms with van der Waals surface area (Å²) >= 11 is 6.19. The Labute approximate surface area is 154 Å². The largest absolute Gasteiger partial charge is 0.381 e. The van der Waals surface area contributed by atoms with Gasteiger partial charge >= 0.3 is 0 Å². The van der Waals surface area contributed by atoms with E-state index < -0.39 is 0 Å². The second-order valence-electron chi connectivity index (χ2n) is 6.33. The van der Waals surface area contributed by atoms with Crippen molar-refractivity contribution >= 4 is 23.5 Å². The SMILES string of the molecule is CN(C)C(=O)CN=C(NCCc1ccccc1Cl)NCC1CCOC1. The third-order valence-corrected chi connectivity index (χ3v) is 4.47. The molecule has 1 atom stereocenters. The lowest BCUT2D eigenvalue weighted by atomic mass is 10.1. The number of carbonyl (C=O) groups excluding carboxylic acids is 1. The first kappa shape index (κ1) is 19.5. The van der Waals surface area contributed by atoms with Gasteiger partial charge in [-0.15, -0.1) is 0 Å². The maximum absolute atomic E-state index is 11.8. The minimum absolute atomic E-state index is 0.0311. The van der Waals surface area contributed by atoms with Gasteiger partial charge in [0.2, 0.25) is 5.91 Å². The number of guanidine groups is 1. The molecule has 1 amide bonds. The molecule has 138 valence electrons. The molecule has 1 unspecified atom stereocenters. The number of likely N-dealkylation sites (N-methyl/N-ethyl adjacent to an activating group) is 1. The van der Waals surface area contributed by atoms with Gasteiger partial charge in [-0.25, -0.2) is 4.99 Å². The summed E-state index contributed by atoms with van der Waals surface area (Å²) in [5.74, 6) is 1.10. The molecule has 0 bridgehead atoms. The molecule has 1 aliphatic rings. The summed E-state index contributed by atoms with van der Waals surface area (Å²) in [7, 11) is 3.46. The number of halogens is 1. The van der Waals surface area contributed by atoms with Gasteiger partial charge in [0, 0.05) is 44.7 Å². The van der Waals surface area contributed by atoms with Crippen molar-refractivity contribution < 1.29 is 9.53 Å². The normalized spacial score (nSPS) is 17.4. The first-order valence-electron chi connectivity index (χ1n) is 8.59. The molecule has 0 radical (unpaired) electrons. The molecule has 1 aliphatic heterocycles. The Morgan fingerprint density at radius 3 is 2.84 bits per heavy atom. The molecular weight excluding hydrogens is 340 g/mol. The predicted octanol–water partition coefficient (Wildman–Crippen LogP) is 1.54. The summed E-state index contributed by atoms with van der Waals surface area (Å²) in [6, 6.07) is 7.80. The van der Waals surface area contributed by atoms with Crippen molar-refractivity contribution in [3.05, 3.63) is 34.9 Å². The molecule has 1 heterocycles. The van der Waals surface area contributed by atoms with Crippen LogP contribution in [0.15, 0.2) is 29.3 Å². The van der Waals surface area contributed by atoms with Gasteiger partial charge in [0.25, 0.3) is 0 Å². The van der Waals surface area contributed by atoms with E-state index in [1.165, 1.54) is 4.90 Å². The Balaban J connectivity index is 1.86. The molecule has 0 saturated carbocycles. The summed E-state index contributed by atoms with van der Waals surface area (Å²) in [5.41, 5.74) is 1.09. The first-order valence-corrected chi connectivity index (χ1v) is 8.97. The van der Waals surface area contributed by atoms with Crippen LogP contribution in [0.1, 0.15) is 12.0 Å². The van der Waals surface area contributed by atoms with Gasteiger partial charge in [-0.3, -0.25) is 4.79 Å². The monoisotopic (exact) mass is 366 g/mol. The predicted molar refractivity (Wildman–Crippen MR) is 101 cm³/mol.